The molecule has 0 aliphatic heterocycles. The minimum absolute atomic E-state index is 0.0765. The Labute approximate surface area is 89.7 Å². The zero-order valence-corrected chi connectivity index (χ0v) is 8.25. The van der Waals surface area contributed by atoms with Crippen LogP contribution in [0.1, 0.15) is 5.76 Å². The molecule has 1 atom stereocenters. The van der Waals surface area contributed by atoms with Crippen LogP contribution in [0.2, 0.25) is 0 Å². The summed E-state index contributed by atoms with van der Waals surface area (Å²) in [6.45, 7) is -0.758. The summed E-state index contributed by atoms with van der Waals surface area (Å²) in [6.07, 6.45) is -3.17. The van der Waals surface area contributed by atoms with Crippen molar-refractivity contribution in [3.63, 3.8) is 0 Å². The molecular formula is C9H11F3N2O2. The maximum absolute atomic E-state index is 12.3. The molecule has 1 unspecified atom stereocenters. The van der Waals surface area contributed by atoms with E-state index in [0.717, 1.165) is 0 Å². The van der Waals surface area contributed by atoms with Gasteiger partial charge in [-0.3, -0.25) is 5.41 Å². The van der Waals surface area contributed by atoms with Crippen LogP contribution in [-0.2, 0) is 11.3 Å². The molecule has 0 spiro atoms. The Bertz CT molecular complexity index is 335. The molecule has 0 saturated heterocycles. The van der Waals surface area contributed by atoms with Gasteiger partial charge < -0.3 is 14.9 Å². The van der Waals surface area contributed by atoms with Gasteiger partial charge in [0.2, 0.25) is 0 Å². The summed E-state index contributed by atoms with van der Waals surface area (Å²) < 4.78 is 46.6. The Balaban J connectivity index is 2.42. The number of furan rings is 1. The highest BCUT2D eigenvalue weighted by Gasteiger charge is 2.42. The number of nitrogens with two attached hydrogens (primary N) is 1. The highest BCUT2D eigenvalue weighted by atomic mass is 19.4. The maximum Gasteiger partial charge on any atom is 0.400 e. The predicted octanol–water partition coefficient (Wildman–Crippen LogP) is 1.91. The second-order valence-electron chi connectivity index (χ2n) is 3.14. The summed E-state index contributed by atoms with van der Waals surface area (Å²) in [7, 11) is 0. The van der Waals surface area contributed by atoms with Crippen LogP contribution in [0.5, 0.6) is 0 Å². The second kappa shape index (κ2) is 5.02. The van der Waals surface area contributed by atoms with Gasteiger partial charge in [-0.15, -0.1) is 0 Å². The SMILES string of the molecule is N=C(N)C(COCc1ccco1)C(F)(F)F. The number of rotatable bonds is 5. The number of ether oxygens (including phenoxy) is 1. The summed E-state index contributed by atoms with van der Waals surface area (Å²) >= 11 is 0. The lowest BCUT2D eigenvalue weighted by Gasteiger charge is -2.18. The van der Waals surface area contributed by atoms with Crippen molar-refractivity contribution in [3.8, 4) is 0 Å². The van der Waals surface area contributed by atoms with E-state index in [-0.39, 0.29) is 6.61 Å². The van der Waals surface area contributed by atoms with Crippen molar-refractivity contribution < 1.29 is 22.3 Å². The molecule has 1 heterocycles. The normalized spacial score (nSPS) is 13.7. The second-order valence-corrected chi connectivity index (χ2v) is 3.14. The average molecular weight is 236 g/mol. The lowest BCUT2D eigenvalue weighted by Crippen LogP contribution is -2.38. The van der Waals surface area contributed by atoms with E-state index >= 15 is 0 Å². The molecule has 90 valence electrons. The first-order valence-electron chi connectivity index (χ1n) is 4.42. The fraction of sp³-hybridized carbons (Fsp3) is 0.444. The standard InChI is InChI=1S/C9H11F3N2O2/c10-9(11,12)7(8(13)14)5-15-4-6-2-1-3-16-6/h1-3,7H,4-5H2,(H3,13,14). The van der Waals surface area contributed by atoms with Gasteiger partial charge in [0.25, 0.3) is 0 Å². The molecule has 16 heavy (non-hydrogen) atoms. The number of halogens is 3. The lowest BCUT2D eigenvalue weighted by molar-refractivity contribution is -0.169. The van der Waals surface area contributed by atoms with Crippen molar-refractivity contribution in [2.75, 3.05) is 6.61 Å². The Morgan fingerprint density at radius 2 is 2.25 bits per heavy atom. The van der Waals surface area contributed by atoms with Crippen molar-refractivity contribution in [3.05, 3.63) is 24.2 Å². The molecule has 3 N–H and O–H groups in total. The summed E-state index contributed by atoms with van der Waals surface area (Å²) in [5.74, 6) is -2.60. The van der Waals surface area contributed by atoms with Crippen LogP contribution in [0, 0.1) is 11.3 Å². The van der Waals surface area contributed by atoms with Gasteiger partial charge in [-0.25, -0.2) is 0 Å². The molecule has 4 nitrogen and oxygen atoms in total. The van der Waals surface area contributed by atoms with Gasteiger partial charge in [0, 0.05) is 0 Å². The van der Waals surface area contributed by atoms with E-state index in [2.05, 4.69) is 0 Å². The maximum atomic E-state index is 12.3. The van der Waals surface area contributed by atoms with E-state index in [9.17, 15) is 13.2 Å². The third-order valence-corrected chi connectivity index (χ3v) is 1.88. The molecule has 1 rings (SSSR count). The molecule has 0 amide bonds. The van der Waals surface area contributed by atoms with E-state index in [4.69, 9.17) is 20.3 Å². The first-order valence-corrected chi connectivity index (χ1v) is 4.42. The van der Waals surface area contributed by atoms with Crippen LogP contribution in [0.3, 0.4) is 0 Å². The Morgan fingerprint density at radius 1 is 1.56 bits per heavy atom. The molecule has 0 aliphatic carbocycles. The summed E-state index contributed by atoms with van der Waals surface area (Å²) in [5.41, 5.74) is 4.84. The third-order valence-electron chi connectivity index (χ3n) is 1.88. The Hall–Kier alpha value is -1.50. The molecule has 0 aromatic carbocycles. The van der Waals surface area contributed by atoms with Gasteiger partial charge in [-0.1, -0.05) is 0 Å². The van der Waals surface area contributed by atoms with Crippen LogP contribution in [0.15, 0.2) is 22.8 Å². The topological polar surface area (TPSA) is 72.2 Å². The van der Waals surface area contributed by atoms with Crippen LogP contribution < -0.4 is 5.73 Å². The smallest absolute Gasteiger partial charge is 0.400 e. The number of nitrogens with one attached hydrogen (secondary N) is 1. The fourth-order valence-corrected chi connectivity index (χ4v) is 1.03. The van der Waals surface area contributed by atoms with Crippen molar-refractivity contribution in [1.82, 2.24) is 0 Å². The van der Waals surface area contributed by atoms with Crippen molar-refractivity contribution in [2.45, 2.75) is 12.8 Å². The minimum Gasteiger partial charge on any atom is -0.467 e. The zero-order valence-electron chi connectivity index (χ0n) is 8.25. The van der Waals surface area contributed by atoms with Crippen molar-refractivity contribution in [1.29, 1.82) is 5.41 Å². The predicted molar refractivity (Wildman–Crippen MR) is 49.8 cm³/mol. The summed E-state index contributed by atoms with van der Waals surface area (Å²) in [4.78, 5) is 0. The van der Waals surface area contributed by atoms with E-state index in [1.54, 1.807) is 12.1 Å². The average Bonchev–Trinajstić information content (AvgIpc) is 2.61. The van der Waals surface area contributed by atoms with Crippen LogP contribution in [-0.4, -0.2) is 18.6 Å². The van der Waals surface area contributed by atoms with Crippen molar-refractivity contribution in [2.24, 2.45) is 11.7 Å². The van der Waals surface area contributed by atoms with Gasteiger partial charge in [0.15, 0.2) is 0 Å². The molecule has 0 radical (unpaired) electrons. The van der Waals surface area contributed by atoms with Gasteiger partial charge in [0.05, 0.1) is 12.9 Å². The zero-order chi connectivity index (χ0) is 12.2. The van der Waals surface area contributed by atoms with E-state index in [1.165, 1.54) is 6.26 Å². The first kappa shape index (κ1) is 12.6. The number of hydrogen-bond donors (Lipinski definition) is 2. The lowest BCUT2D eigenvalue weighted by atomic mass is 10.1. The van der Waals surface area contributed by atoms with E-state index in [1.807, 2.05) is 0 Å². The Morgan fingerprint density at radius 3 is 2.69 bits per heavy atom. The van der Waals surface area contributed by atoms with Crippen LogP contribution in [0.25, 0.3) is 0 Å². The van der Waals surface area contributed by atoms with Gasteiger partial charge >= 0.3 is 6.18 Å². The quantitative estimate of drug-likeness (QED) is 0.605. The highest BCUT2D eigenvalue weighted by Crippen LogP contribution is 2.26. The number of hydrogen-bond acceptors (Lipinski definition) is 3. The highest BCUT2D eigenvalue weighted by molar-refractivity contribution is 5.80. The van der Waals surface area contributed by atoms with Crippen LogP contribution >= 0.6 is 0 Å². The number of alkyl halides is 3. The van der Waals surface area contributed by atoms with Crippen molar-refractivity contribution >= 4 is 5.84 Å². The summed E-state index contributed by atoms with van der Waals surface area (Å²) in [6, 6.07) is 3.18. The van der Waals surface area contributed by atoms with Gasteiger partial charge in [-0.05, 0) is 12.1 Å². The molecule has 0 aliphatic rings. The summed E-state index contributed by atoms with van der Waals surface area (Å²) in [5, 5.41) is 6.81. The fourth-order valence-electron chi connectivity index (χ4n) is 1.03. The third kappa shape index (κ3) is 3.58. The molecule has 0 fully saturated rings. The largest absolute Gasteiger partial charge is 0.467 e. The number of amidine groups is 1. The molecule has 0 bridgehead atoms. The monoisotopic (exact) mass is 236 g/mol. The van der Waals surface area contributed by atoms with E-state index in [0.29, 0.717) is 5.76 Å². The van der Waals surface area contributed by atoms with Crippen LogP contribution in [0.4, 0.5) is 13.2 Å². The van der Waals surface area contributed by atoms with Gasteiger partial charge in [-0.2, -0.15) is 13.2 Å². The minimum atomic E-state index is -4.56. The molecule has 1 aromatic rings. The first-order chi connectivity index (χ1) is 7.41. The van der Waals surface area contributed by atoms with Gasteiger partial charge in [0.1, 0.15) is 24.1 Å². The molecule has 7 heteroatoms. The molecular weight excluding hydrogens is 225 g/mol. The Kier molecular flexibility index (Phi) is 3.94. The molecule has 0 saturated carbocycles. The molecule has 1 aromatic heterocycles. The van der Waals surface area contributed by atoms with E-state index < -0.39 is 24.5 Å².